The fraction of sp³-hybridized carbons (Fsp3) is 0.889. The molecule has 1 aliphatic heterocycles. The second-order valence-electron chi connectivity index (χ2n) is 2.99. The molecule has 0 aliphatic carbocycles. The molecule has 0 spiro atoms. The van der Waals surface area contributed by atoms with Crippen molar-refractivity contribution in [2.75, 3.05) is 19.8 Å². The summed E-state index contributed by atoms with van der Waals surface area (Å²) in [6.07, 6.45) is 1.43. The van der Waals surface area contributed by atoms with E-state index in [0.29, 0.717) is 26.2 Å². The first kappa shape index (κ1) is 10.5. The molecule has 1 atom stereocenters. The second-order valence-corrected chi connectivity index (χ2v) is 2.99. The summed E-state index contributed by atoms with van der Waals surface area (Å²) in [6.45, 7) is 5.63. The number of carbonyl (C=O) groups excluding carboxylic acids is 1. The van der Waals surface area contributed by atoms with Gasteiger partial charge in [-0.05, 0) is 20.3 Å². The molecule has 1 heterocycles. The zero-order chi connectivity index (χ0) is 9.68. The smallest absolute Gasteiger partial charge is 0.246 e. The van der Waals surface area contributed by atoms with Crippen molar-refractivity contribution in [1.82, 2.24) is 5.06 Å². The maximum absolute atomic E-state index is 11.3. The summed E-state index contributed by atoms with van der Waals surface area (Å²) >= 11 is 0. The molecule has 1 rings (SSSR count). The van der Waals surface area contributed by atoms with Crippen molar-refractivity contribution in [3.8, 4) is 0 Å². The second kappa shape index (κ2) is 5.19. The number of rotatable bonds is 5. The molecule has 1 unspecified atom stereocenters. The maximum atomic E-state index is 11.3. The van der Waals surface area contributed by atoms with Crippen LogP contribution in [-0.2, 0) is 14.4 Å². The fourth-order valence-corrected chi connectivity index (χ4v) is 1.44. The number of hydroxylamine groups is 2. The molecule has 0 bridgehead atoms. The number of hydrogen-bond donors (Lipinski definition) is 0. The Morgan fingerprint density at radius 3 is 2.85 bits per heavy atom. The highest BCUT2D eigenvalue weighted by atomic mass is 16.7. The lowest BCUT2D eigenvalue weighted by Crippen LogP contribution is -2.36. The SMILES string of the molecule is CCOCC1CCC(=O)N1OCC. The largest absolute Gasteiger partial charge is 0.379 e. The predicted molar refractivity (Wildman–Crippen MR) is 48.0 cm³/mol. The van der Waals surface area contributed by atoms with Crippen LogP contribution in [0.3, 0.4) is 0 Å². The van der Waals surface area contributed by atoms with Crippen LogP contribution in [-0.4, -0.2) is 36.8 Å². The summed E-state index contributed by atoms with van der Waals surface area (Å²) in [5.41, 5.74) is 0. The molecule has 0 aromatic heterocycles. The third-order valence-electron chi connectivity index (χ3n) is 2.05. The van der Waals surface area contributed by atoms with Gasteiger partial charge in [0.15, 0.2) is 0 Å². The van der Waals surface area contributed by atoms with Crippen molar-refractivity contribution in [1.29, 1.82) is 0 Å². The van der Waals surface area contributed by atoms with E-state index in [1.807, 2.05) is 13.8 Å². The van der Waals surface area contributed by atoms with Crippen LogP contribution in [0, 0.1) is 0 Å². The van der Waals surface area contributed by atoms with Crippen LogP contribution in [0.25, 0.3) is 0 Å². The molecule has 1 fully saturated rings. The van der Waals surface area contributed by atoms with Crippen LogP contribution in [0.15, 0.2) is 0 Å². The van der Waals surface area contributed by atoms with Gasteiger partial charge in [0.25, 0.3) is 0 Å². The zero-order valence-corrected chi connectivity index (χ0v) is 8.28. The number of hydrogen-bond acceptors (Lipinski definition) is 3. The number of nitrogens with zero attached hydrogens (tertiary/aromatic N) is 1. The zero-order valence-electron chi connectivity index (χ0n) is 8.28. The van der Waals surface area contributed by atoms with Crippen LogP contribution in [0.2, 0.25) is 0 Å². The first-order valence-electron chi connectivity index (χ1n) is 4.82. The van der Waals surface area contributed by atoms with E-state index >= 15 is 0 Å². The highest BCUT2D eigenvalue weighted by Crippen LogP contribution is 2.19. The van der Waals surface area contributed by atoms with Gasteiger partial charge in [-0.2, -0.15) is 0 Å². The van der Waals surface area contributed by atoms with Gasteiger partial charge in [0, 0.05) is 13.0 Å². The topological polar surface area (TPSA) is 38.8 Å². The Labute approximate surface area is 78.8 Å². The molecular weight excluding hydrogens is 170 g/mol. The van der Waals surface area contributed by atoms with E-state index < -0.39 is 0 Å². The summed E-state index contributed by atoms with van der Waals surface area (Å²) in [5.74, 6) is 0.0755. The van der Waals surface area contributed by atoms with E-state index in [1.54, 1.807) is 0 Å². The van der Waals surface area contributed by atoms with Crippen LogP contribution in [0.1, 0.15) is 26.7 Å². The summed E-state index contributed by atoms with van der Waals surface area (Å²) in [4.78, 5) is 16.5. The first-order valence-corrected chi connectivity index (χ1v) is 4.82. The Morgan fingerprint density at radius 2 is 2.23 bits per heavy atom. The van der Waals surface area contributed by atoms with E-state index in [0.717, 1.165) is 6.42 Å². The van der Waals surface area contributed by atoms with Crippen LogP contribution in [0.4, 0.5) is 0 Å². The Balaban J connectivity index is 2.39. The van der Waals surface area contributed by atoms with Gasteiger partial charge in [0.2, 0.25) is 5.91 Å². The minimum Gasteiger partial charge on any atom is -0.379 e. The van der Waals surface area contributed by atoms with E-state index in [1.165, 1.54) is 5.06 Å². The molecule has 4 nitrogen and oxygen atoms in total. The average molecular weight is 187 g/mol. The van der Waals surface area contributed by atoms with Gasteiger partial charge in [-0.25, -0.2) is 5.06 Å². The molecule has 0 aromatic carbocycles. The van der Waals surface area contributed by atoms with Crippen molar-refractivity contribution < 1.29 is 14.4 Å². The lowest BCUT2D eigenvalue weighted by Gasteiger charge is -2.22. The van der Waals surface area contributed by atoms with Gasteiger partial charge < -0.3 is 4.74 Å². The molecule has 1 amide bonds. The van der Waals surface area contributed by atoms with Crippen molar-refractivity contribution in [2.24, 2.45) is 0 Å². The van der Waals surface area contributed by atoms with Gasteiger partial charge >= 0.3 is 0 Å². The average Bonchev–Trinajstić information content (AvgIpc) is 2.46. The first-order chi connectivity index (χ1) is 6.29. The monoisotopic (exact) mass is 187 g/mol. The lowest BCUT2D eigenvalue weighted by molar-refractivity contribution is -0.192. The molecule has 0 radical (unpaired) electrons. The predicted octanol–water partition coefficient (Wildman–Crippen LogP) is 0.965. The van der Waals surface area contributed by atoms with Crippen LogP contribution >= 0.6 is 0 Å². The van der Waals surface area contributed by atoms with Gasteiger partial charge in [-0.1, -0.05) is 0 Å². The Hall–Kier alpha value is -0.610. The fourth-order valence-electron chi connectivity index (χ4n) is 1.44. The van der Waals surface area contributed by atoms with Gasteiger partial charge in [0.1, 0.15) is 0 Å². The standard InChI is InChI=1S/C9H17NO3/c1-3-12-7-8-5-6-9(11)10(8)13-4-2/h8H,3-7H2,1-2H3. The number of amides is 1. The van der Waals surface area contributed by atoms with Crippen LogP contribution < -0.4 is 0 Å². The molecule has 0 aromatic rings. The Morgan fingerprint density at radius 1 is 1.46 bits per heavy atom. The van der Waals surface area contributed by atoms with Gasteiger partial charge in [0.05, 0.1) is 19.3 Å². The highest BCUT2D eigenvalue weighted by Gasteiger charge is 2.31. The van der Waals surface area contributed by atoms with Crippen molar-refractivity contribution in [2.45, 2.75) is 32.7 Å². The van der Waals surface area contributed by atoms with E-state index in [2.05, 4.69) is 0 Å². The van der Waals surface area contributed by atoms with E-state index in [9.17, 15) is 4.79 Å². The summed E-state index contributed by atoms with van der Waals surface area (Å²) in [5, 5.41) is 1.47. The third-order valence-corrected chi connectivity index (χ3v) is 2.05. The molecular formula is C9H17NO3. The number of carbonyl (C=O) groups is 1. The van der Waals surface area contributed by atoms with Crippen molar-refractivity contribution >= 4 is 5.91 Å². The summed E-state index contributed by atoms with van der Waals surface area (Å²) in [7, 11) is 0. The lowest BCUT2D eigenvalue weighted by atomic mass is 10.2. The molecule has 76 valence electrons. The van der Waals surface area contributed by atoms with E-state index in [4.69, 9.17) is 9.57 Å². The van der Waals surface area contributed by atoms with E-state index in [-0.39, 0.29) is 11.9 Å². The van der Waals surface area contributed by atoms with Crippen LogP contribution in [0.5, 0.6) is 0 Å². The highest BCUT2D eigenvalue weighted by molar-refractivity contribution is 5.77. The Bertz CT molecular complexity index is 172. The normalized spacial score (nSPS) is 22.8. The van der Waals surface area contributed by atoms with Gasteiger partial charge in [-0.3, -0.25) is 9.63 Å². The van der Waals surface area contributed by atoms with Crippen molar-refractivity contribution in [3.63, 3.8) is 0 Å². The molecule has 13 heavy (non-hydrogen) atoms. The molecule has 1 aliphatic rings. The summed E-state index contributed by atoms with van der Waals surface area (Å²) in [6, 6.07) is 0.118. The minimum atomic E-state index is 0.0755. The molecule has 0 N–H and O–H groups in total. The maximum Gasteiger partial charge on any atom is 0.246 e. The quantitative estimate of drug-likeness (QED) is 0.643. The molecule has 1 saturated heterocycles. The summed E-state index contributed by atoms with van der Waals surface area (Å²) < 4.78 is 5.27. The minimum absolute atomic E-state index is 0.0755. The molecule has 4 heteroatoms. The third kappa shape index (κ3) is 2.67. The Kier molecular flexibility index (Phi) is 4.18. The van der Waals surface area contributed by atoms with Crippen molar-refractivity contribution in [3.05, 3.63) is 0 Å². The molecule has 0 saturated carbocycles. The van der Waals surface area contributed by atoms with Gasteiger partial charge in [-0.15, -0.1) is 0 Å². The number of ether oxygens (including phenoxy) is 1.